The fourth-order valence-corrected chi connectivity index (χ4v) is 3.91. The minimum absolute atomic E-state index is 0.324. The SMILES string of the molecule is CCOc1ccccc1NC(=O)[C@H](CC)N(c1ccccc1)S(C)(=O)=O. The second kappa shape index (κ2) is 8.71. The van der Waals surface area contributed by atoms with Crippen LogP contribution in [-0.4, -0.2) is 33.2 Å². The normalized spacial score (nSPS) is 12.3. The molecule has 0 aliphatic carbocycles. The highest BCUT2D eigenvalue weighted by molar-refractivity contribution is 7.92. The largest absolute Gasteiger partial charge is 0.492 e. The lowest BCUT2D eigenvalue weighted by Gasteiger charge is -2.30. The van der Waals surface area contributed by atoms with Gasteiger partial charge in [0.05, 0.1) is 24.2 Å². The van der Waals surface area contributed by atoms with Crippen LogP contribution in [-0.2, 0) is 14.8 Å². The van der Waals surface area contributed by atoms with E-state index in [9.17, 15) is 13.2 Å². The molecule has 0 heterocycles. The van der Waals surface area contributed by atoms with Gasteiger partial charge in [0.2, 0.25) is 15.9 Å². The average Bonchev–Trinajstić information content (AvgIpc) is 2.61. The molecule has 1 N–H and O–H groups in total. The van der Waals surface area contributed by atoms with Gasteiger partial charge in [-0.2, -0.15) is 0 Å². The second-order valence-electron chi connectivity index (χ2n) is 5.74. The molecule has 2 aromatic rings. The second-order valence-corrected chi connectivity index (χ2v) is 7.60. The van der Waals surface area contributed by atoms with Crippen molar-refractivity contribution in [2.75, 3.05) is 22.5 Å². The molecule has 6 nitrogen and oxygen atoms in total. The molecule has 140 valence electrons. The number of sulfonamides is 1. The average molecular weight is 376 g/mol. The van der Waals surface area contributed by atoms with Gasteiger partial charge in [-0.3, -0.25) is 9.10 Å². The van der Waals surface area contributed by atoms with Crippen LogP contribution < -0.4 is 14.4 Å². The van der Waals surface area contributed by atoms with Crippen LogP contribution in [0, 0.1) is 0 Å². The van der Waals surface area contributed by atoms with E-state index in [4.69, 9.17) is 4.74 Å². The number of hydrogen-bond acceptors (Lipinski definition) is 4. The molecule has 0 aliphatic heterocycles. The van der Waals surface area contributed by atoms with Crippen LogP contribution in [0.2, 0.25) is 0 Å². The third kappa shape index (κ3) is 4.76. The van der Waals surface area contributed by atoms with Crippen molar-refractivity contribution in [2.45, 2.75) is 26.3 Å². The Morgan fingerprint density at radius 1 is 1.08 bits per heavy atom. The van der Waals surface area contributed by atoms with Gasteiger partial charge in [0.15, 0.2) is 0 Å². The summed E-state index contributed by atoms with van der Waals surface area (Å²) in [7, 11) is -3.65. The summed E-state index contributed by atoms with van der Waals surface area (Å²) in [6.07, 6.45) is 1.43. The minimum atomic E-state index is -3.65. The summed E-state index contributed by atoms with van der Waals surface area (Å²) in [5.41, 5.74) is 0.967. The van der Waals surface area contributed by atoms with E-state index in [1.54, 1.807) is 55.5 Å². The molecule has 0 aliphatic rings. The van der Waals surface area contributed by atoms with Gasteiger partial charge in [-0.05, 0) is 37.6 Å². The van der Waals surface area contributed by atoms with E-state index in [0.29, 0.717) is 30.2 Å². The van der Waals surface area contributed by atoms with E-state index < -0.39 is 22.0 Å². The van der Waals surface area contributed by atoms with E-state index in [2.05, 4.69) is 5.32 Å². The fourth-order valence-electron chi connectivity index (χ4n) is 2.70. The Labute approximate surface area is 154 Å². The zero-order chi connectivity index (χ0) is 19.2. The zero-order valence-corrected chi connectivity index (χ0v) is 16.0. The van der Waals surface area contributed by atoms with Crippen molar-refractivity contribution >= 4 is 27.3 Å². The van der Waals surface area contributed by atoms with Crippen molar-refractivity contribution in [3.05, 3.63) is 54.6 Å². The Kier molecular flexibility index (Phi) is 6.63. The minimum Gasteiger partial charge on any atom is -0.492 e. The molecule has 0 saturated carbocycles. The van der Waals surface area contributed by atoms with Crippen molar-refractivity contribution in [1.82, 2.24) is 0 Å². The molecule has 1 amide bonds. The lowest BCUT2D eigenvalue weighted by Crippen LogP contribution is -2.47. The van der Waals surface area contributed by atoms with Crippen LogP contribution in [0.5, 0.6) is 5.75 Å². The number of carbonyl (C=O) groups excluding carboxylic acids is 1. The number of ether oxygens (including phenoxy) is 1. The van der Waals surface area contributed by atoms with E-state index in [1.807, 2.05) is 13.0 Å². The summed E-state index contributed by atoms with van der Waals surface area (Å²) in [5.74, 6) is 0.137. The predicted molar refractivity (Wildman–Crippen MR) is 104 cm³/mol. The first-order valence-electron chi connectivity index (χ1n) is 8.45. The molecule has 0 unspecified atom stereocenters. The smallest absolute Gasteiger partial charge is 0.248 e. The molecule has 0 radical (unpaired) electrons. The van der Waals surface area contributed by atoms with Crippen molar-refractivity contribution in [3.8, 4) is 5.75 Å². The summed E-state index contributed by atoms with van der Waals surface area (Å²) in [4.78, 5) is 12.9. The van der Waals surface area contributed by atoms with E-state index in [-0.39, 0.29) is 0 Å². The number of hydrogen-bond donors (Lipinski definition) is 1. The molecule has 0 aromatic heterocycles. The molecule has 0 spiro atoms. The number of anilines is 2. The zero-order valence-electron chi connectivity index (χ0n) is 15.2. The number of carbonyl (C=O) groups is 1. The number of benzene rings is 2. The fraction of sp³-hybridized carbons (Fsp3) is 0.316. The van der Waals surface area contributed by atoms with Crippen LogP contribution in [0.3, 0.4) is 0 Å². The standard InChI is InChI=1S/C19H24N2O4S/c1-4-17(21(26(3,23)24)15-11-7-6-8-12-15)19(22)20-16-13-9-10-14-18(16)25-5-2/h6-14,17H,4-5H2,1-3H3,(H,20,22)/t17-/m0/s1. The van der Waals surface area contributed by atoms with Gasteiger partial charge in [0, 0.05) is 0 Å². The maximum Gasteiger partial charge on any atom is 0.248 e. The molecule has 2 aromatic carbocycles. The van der Waals surface area contributed by atoms with Crippen LogP contribution in [0.15, 0.2) is 54.6 Å². The van der Waals surface area contributed by atoms with Crippen molar-refractivity contribution in [3.63, 3.8) is 0 Å². The first kappa shape index (κ1) is 19.8. The Morgan fingerprint density at radius 3 is 2.27 bits per heavy atom. The van der Waals surface area contributed by atoms with Gasteiger partial charge in [0.1, 0.15) is 11.8 Å². The monoisotopic (exact) mass is 376 g/mol. The number of rotatable bonds is 8. The Balaban J connectivity index is 2.35. The third-order valence-corrected chi connectivity index (χ3v) is 4.97. The van der Waals surface area contributed by atoms with Crippen LogP contribution in [0.1, 0.15) is 20.3 Å². The summed E-state index contributed by atoms with van der Waals surface area (Å²) >= 11 is 0. The first-order valence-corrected chi connectivity index (χ1v) is 10.3. The molecule has 26 heavy (non-hydrogen) atoms. The van der Waals surface area contributed by atoms with Crippen molar-refractivity contribution in [2.24, 2.45) is 0 Å². The van der Waals surface area contributed by atoms with E-state index >= 15 is 0 Å². The highest BCUT2D eigenvalue weighted by Crippen LogP contribution is 2.26. The molecule has 0 saturated heterocycles. The van der Waals surface area contributed by atoms with Crippen molar-refractivity contribution in [1.29, 1.82) is 0 Å². The van der Waals surface area contributed by atoms with E-state index in [1.165, 1.54) is 0 Å². The van der Waals surface area contributed by atoms with Gasteiger partial charge in [-0.1, -0.05) is 37.3 Å². The maximum atomic E-state index is 12.9. The molecule has 0 fully saturated rings. The maximum absolute atomic E-state index is 12.9. The molecular formula is C19H24N2O4S. The van der Waals surface area contributed by atoms with Gasteiger partial charge in [0.25, 0.3) is 0 Å². The van der Waals surface area contributed by atoms with E-state index in [0.717, 1.165) is 10.6 Å². The van der Waals surface area contributed by atoms with Crippen LogP contribution in [0.4, 0.5) is 11.4 Å². The summed E-state index contributed by atoms with van der Waals surface area (Å²) in [6, 6.07) is 14.8. The molecule has 1 atom stereocenters. The van der Waals surface area contributed by atoms with Crippen LogP contribution in [0.25, 0.3) is 0 Å². The summed E-state index contributed by atoms with van der Waals surface area (Å²) < 4.78 is 31.4. The molecular weight excluding hydrogens is 352 g/mol. The lowest BCUT2D eigenvalue weighted by atomic mass is 10.1. The highest BCUT2D eigenvalue weighted by Gasteiger charge is 2.31. The Hall–Kier alpha value is -2.54. The number of nitrogens with one attached hydrogen (secondary N) is 1. The van der Waals surface area contributed by atoms with Gasteiger partial charge in [-0.15, -0.1) is 0 Å². The topological polar surface area (TPSA) is 75.7 Å². The van der Waals surface area contributed by atoms with Crippen molar-refractivity contribution < 1.29 is 17.9 Å². The number of amides is 1. The lowest BCUT2D eigenvalue weighted by molar-refractivity contribution is -0.117. The highest BCUT2D eigenvalue weighted by atomic mass is 32.2. The van der Waals surface area contributed by atoms with Gasteiger partial charge >= 0.3 is 0 Å². The first-order chi connectivity index (χ1) is 12.4. The molecule has 2 rings (SSSR count). The Bertz CT molecular complexity index is 838. The van der Waals surface area contributed by atoms with Gasteiger partial charge in [-0.25, -0.2) is 8.42 Å². The Morgan fingerprint density at radius 2 is 1.69 bits per heavy atom. The summed E-state index contributed by atoms with van der Waals surface area (Å²) in [6.45, 7) is 4.09. The quantitative estimate of drug-likeness (QED) is 0.767. The summed E-state index contributed by atoms with van der Waals surface area (Å²) in [5, 5.41) is 2.80. The van der Waals surface area contributed by atoms with Crippen LogP contribution >= 0.6 is 0 Å². The predicted octanol–water partition coefficient (Wildman–Crippen LogP) is 3.27. The number of para-hydroxylation sites is 3. The third-order valence-electron chi connectivity index (χ3n) is 3.79. The molecule has 7 heteroatoms. The number of nitrogens with zero attached hydrogens (tertiary/aromatic N) is 1. The van der Waals surface area contributed by atoms with Gasteiger partial charge < -0.3 is 10.1 Å². The molecule has 0 bridgehead atoms.